The molecule has 214 valence electrons. The first-order valence-corrected chi connectivity index (χ1v) is 11.4. The molecule has 2 fully saturated rings. The van der Waals surface area contributed by atoms with Gasteiger partial charge in [-0.25, -0.2) is 14.6 Å². The van der Waals surface area contributed by atoms with E-state index in [0.29, 0.717) is 5.69 Å². The highest BCUT2D eigenvalue weighted by Gasteiger charge is 2.42. The molecule has 0 radical (unpaired) electrons. The first-order valence-electron chi connectivity index (χ1n) is 11.4. The van der Waals surface area contributed by atoms with Crippen LogP contribution in [0.1, 0.15) is 35.3 Å². The average Bonchev–Trinajstić information content (AvgIpc) is 3.25. The van der Waals surface area contributed by atoms with E-state index in [9.17, 15) is 31.1 Å². The number of hydrogen-bond acceptors (Lipinski definition) is 7. The van der Waals surface area contributed by atoms with Gasteiger partial charge < -0.3 is 15.1 Å². The summed E-state index contributed by atoms with van der Waals surface area (Å²) < 4.78 is 63.5. The Bertz CT molecular complexity index is 1080. The molecule has 1 atom stereocenters. The van der Waals surface area contributed by atoms with E-state index < -0.39 is 24.3 Å². The lowest BCUT2D eigenvalue weighted by molar-refractivity contribution is -0.193. The minimum atomic E-state index is -5.08. The van der Waals surface area contributed by atoms with Crippen LogP contribution in [0.2, 0.25) is 0 Å². The van der Waals surface area contributed by atoms with Gasteiger partial charge in [-0.15, -0.1) is 0 Å². The monoisotopic (exact) mass is 565 g/mol. The molecule has 0 saturated carbocycles. The molecule has 2 aromatic rings. The summed E-state index contributed by atoms with van der Waals surface area (Å²) in [6, 6.07) is 4.12. The summed E-state index contributed by atoms with van der Waals surface area (Å²) in [6.07, 6.45) is 1.74. The molecule has 2 aliphatic heterocycles. The summed E-state index contributed by atoms with van der Waals surface area (Å²) in [5.41, 5.74) is 1.92. The van der Waals surface area contributed by atoms with Crippen LogP contribution in [0.25, 0.3) is 0 Å². The van der Waals surface area contributed by atoms with E-state index in [1.807, 2.05) is 23.4 Å². The van der Waals surface area contributed by atoms with Crippen LogP contribution in [-0.2, 0) is 16.1 Å². The molecule has 0 bridgehead atoms. The zero-order valence-corrected chi connectivity index (χ0v) is 20.3. The van der Waals surface area contributed by atoms with Gasteiger partial charge in [0.15, 0.2) is 0 Å². The first kappa shape index (κ1) is 31.4. The van der Waals surface area contributed by atoms with Gasteiger partial charge in [0.05, 0.1) is 6.20 Å². The molecule has 2 aliphatic rings. The number of alkyl halides is 6. The number of amides is 1. The van der Waals surface area contributed by atoms with E-state index >= 15 is 0 Å². The van der Waals surface area contributed by atoms with Crippen molar-refractivity contribution in [1.82, 2.24) is 24.8 Å². The number of hydrogen-bond donors (Lipinski definition) is 2. The van der Waals surface area contributed by atoms with Crippen LogP contribution in [0.4, 0.5) is 26.3 Å². The molecular formula is C23H25F6N5O5. The fraction of sp³-hybridized carbons (Fsp3) is 0.478. The Labute approximate surface area is 218 Å². The first-order chi connectivity index (χ1) is 18.1. The molecule has 39 heavy (non-hydrogen) atoms. The van der Waals surface area contributed by atoms with Crippen LogP contribution in [0.3, 0.4) is 0 Å². The number of halogens is 6. The van der Waals surface area contributed by atoms with Crippen LogP contribution >= 0.6 is 0 Å². The van der Waals surface area contributed by atoms with Crippen LogP contribution in [0.5, 0.6) is 0 Å². The third kappa shape index (κ3) is 10.1. The van der Waals surface area contributed by atoms with Crippen molar-refractivity contribution in [2.24, 2.45) is 5.41 Å². The van der Waals surface area contributed by atoms with Crippen molar-refractivity contribution in [2.75, 3.05) is 26.2 Å². The summed E-state index contributed by atoms with van der Waals surface area (Å²) in [7, 11) is 0. The number of carboxylic acid groups (broad SMARTS) is 2. The fourth-order valence-corrected chi connectivity index (χ4v) is 4.20. The van der Waals surface area contributed by atoms with Crippen molar-refractivity contribution in [1.29, 1.82) is 0 Å². The SMILES string of the molecule is O=C(O)C(F)(F)F.O=C(O)C(F)(F)F.O=C(c1cnccn1)N1CCCC2(CCN(Cc3cccnc3)C2)C1. The second-order valence-corrected chi connectivity index (χ2v) is 8.85. The van der Waals surface area contributed by atoms with E-state index in [2.05, 4.69) is 25.9 Å². The second-order valence-electron chi connectivity index (χ2n) is 8.85. The summed E-state index contributed by atoms with van der Waals surface area (Å²) in [5.74, 6) is -5.50. The molecule has 16 heteroatoms. The zero-order chi connectivity index (χ0) is 29.3. The van der Waals surface area contributed by atoms with E-state index in [-0.39, 0.29) is 11.3 Å². The third-order valence-corrected chi connectivity index (χ3v) is 5.86. The number of carbonyl (C=O) groups is 3. The van der Waals surface area contributed by atoms with Crippen LogP contribution in [0, 0.1) is 5.41 Å². The fourth-order valence-electron chi connectivity index (χ4n) is 4.20. The van der Waals surface area contributed by atoms with Gasteiger partial charge in [-0.1, -0.05) is 6.07 Å². The van der Waals surface area contributed by atoms with E-state index in [0.717, 1.165) is 45.6 Å². The maximum absolute atomic E-state index is 12.7. The summed E-state index contributed by atoms with van der Waals surface area (Å²) in [6.45, 7) is 4.72. The molecule has 2 N–H and O–H groups in total. The average molecular weight is 565 g/mol. The maximum atomic E-state index is 12.7. The highest BCUT2D eigenvalue weighted by atomic mass is 19.4. The van der Waals surface area contributed by atoms with E-state index in [1.54, 1.807) is 18.6 Å². The van der Waals surface area contributed by atoms with E-state index in [1.165, 1.54) is 12.0 Å². The number of aromatic nitrogens is 3. The topological polar surface area (TPSA) is 137 Å². The van der Waals surface area contributed by atoms with Gasteiger partial charge in [-0.2, -0.15) is 26.3 Å². The molecule has 4 heterocycles. The van der Waals surface area contributed by atoms with Crippen LogP contribution in [-0.4, -0.2) is 91.3 Å². The smallest absolute Gasteiger partial charge is 0.475 e. The van der Waals surface area contributed by atoms with Gasteiger partial charge in [-0.3, -0.25) is 19.7 Å². The summed E-state index contributed by atoms with van der Waals surface area (Å²) in [4.78, 5) is 47.4. The maximum Gasteiger partial charge on any atom is 0.490 e. The van der Waals surface area contributed by atoms with Crippen molar-refractivity contribution in [3.05, 3.63) is 54.4 Å². The Morgan fingerprint density at radius 1 is 0.872 bits per heavy atom. The van der Waals surface area contributed by atoms with E-state index in [4.69, 9.17) is 19.8 Å². The molecular weight excluding hydrogens is 540 g/mol. The minimum absolute atomic E-state index is 0.0119. The van der Waals surface area contributed by atoms with Gasteiger partial charge in [0.1, 0.15) is 5.69 Å². The number of piperidine rings is 1. The summed E-state index contributed by atoms with van der Waals surface area (Å²) in [5, 5.41) is 14.2. The lowest BCUT2D eigenvalue weighted by Gasteiger charge is -2.40. The largest absolute Gasteiger partial charge is 0.490 e. The van der Waals surface area contributed by atoms with Gasteiger partial charge in [0.2, 0.25) is 0 Å². The molecule has 1 amide bonds. The zero-order valence-electron chi connectivity index (χ0n) is 20.3. The van der Waals surface area contributed by atoms with Crippen LogP contribution < -0.4 is 0 Å². The molecule has 0 aliphatic carbocycles. The van der Waals surface area contributed by atoms with Gasteiger partial charge in [0, 0.05) is 56.4 Å². The van der Waals surface area contributed by atoms with Crippen LogP contribution in [0.15, 0.2) is 43.1 Å². The summed E-state index contributed by atoms with van der Waals surface area (Å²) >= 11 is 0. The predicted octanol–water partition coefficient (Wildman–Crippen LogP) is 3.27. The third-order valence-electron chi connectivity index (χ3n) is 5.86. The van der Waals surface area contributed by atoms with Gasteiger partial charge in [0.25, 0.3) is 5.91 Å². The highest BCUT2D eigenvalue weighted by Crippen LogP contribution is 2.39. The normalized spacial score (nSPS) is 19.4. The lowest BCUT2D eigenvalue weighted by Crippen LogP contribution is -2.47. The molecule has 1 unspecified atom stereocenters. The number of aliphatic carboxylic acids is 2. The molecule has 0 aromatic carbocycles. The Kier molecular flexibility index (Phi) is 10.7. The number of rotatable bonds is 3. The molecule has 4 rings (SSSR count). The molecule has 2 saturated heterocycles. The number of pyridine rings is 1. The van der Waals surface area contributed by atoms with Crippen molar-refractivity contribution < 1.29 is 50.9 Å². The Balaban J connectivity index is 0.000000317. The van der Waals surface area contributed by atoms with Crippen molar-refractivity contribution in [2.45, 2.75) is 38.2 Å². The Morgan fingerprint density at radius 2 is 1.49 bits per heavy atom. The van der Waals surface area contributed by atoms with Crippen molar-refractivity contribution >= 4 is 17.8 Å². The standard InChI is InChI=1S/C19H23N5O.2C2HF3O2/c25-18(17-12-21-7-8-22-17)24-9-2-4-19(15-24)5-10-23(14-19)13-16-3-1-6-20-11-16;2*3-2(4,5)1(6)7/h1,3,6-8,11-12H,2,4-5,9-10,13-15H2;2*(H,6,7). The number of carbonyl (C=O) groups excluding carboxylic acids is 1. The second kappa shape index (κ2) is 13.3. The highest BCUT2D eigenvalue weighted by molar-refractivity contribution is 5.92. The Hall–Kier alpha value is -3.82. The molecule has 2 aromatic heterocycles. The number of likely N-dealkylation sites (tertiary alicyclic amines) is 2. The van der Waals surface area contributed by atoms with Crippen molar-refractivity contribution in [3.8, 4) is 0 Å². The predicted molar refractivity (Wildman–Crippen MR) is 121 cm³/mol. The number of carboxylic acids is 2. The minimum Gasteiger partial charge on any atom is -0.475 e. The molecule has 1 spiro atoms. The Morgan fingerprint density at radius 3 is 2.00 bits per heavy atom. The van der Waals surface area contributed by atoms with Crippen molar-refractivity contribution in [3.63, 3.8) is 0 Å². The number of nitrogens with zero attached hydrogens (tertiary/aromatic N) is 5. The molecule has 10 nitrogen and oxygen atoms in total. The van der Waals surface area contributed by atoms with Gasteiger partial charge >= 0.3 is 24.3 Å². The quantitative estimate of drug-likeness (QED) is 0.538. The van der Waals surface area contributed by atoms with Gasteiger partial charge in [-0.05, 0) is 37.4 Å². The lowest BCUT2D eigenvalue weighted by atomic mass is 9.79.